The molecule has 1 heterocycles. The standard InChI is InChI=1S/C15H27N3O2/c1-10(2)12(11(3)4)7-16-8-13-14(19-5)17-9-18-15(13)20-6/h9-12,16H,7-8H2,1-6H3. The fraction of sp³-hybridized carbons (Fsp3) is 0.733. The highest BCUT2D eigenvalue weighted by Gasteiger charge is 2.18. The molecule has 114 valence electrons. The lowest BCUT2D eigenvalue weighted by Crippen LogP contribution is -2.29. The van der Waals surface area contributed by atoms with Crippen molar-refractivity contribution in [3.8, 4) is 11.8 Å². The molecule has 0 aliphatic carbocycles. The molecule has 0 spiro atoms. The summed E-state index contributed by atoms with van der Waals surface area (Å²) in [5.41, 5.74) is 0.865. The molecular weight excluding hydrogens is 254 g/mol. The van der Waals surface area contributed by atoms with E-state index in [1.54, 1.807) is 14.2 Å². The van der Waals surface area contributed by atoms with Crippen LogP contribution in [0.4, 0.5) is 0 Å². The van der Waals surface area contributed by atoms with Gasteiger partial charge in [0.1, 0.15) is 6.33 Å². The Hall–Kier alpha value is -1.36. The van der Waals surface area contributed by atoms with Crippen molar-refractivity contribution in [3.63, 3.8) is 0 Å². The maximum absolute atomic E-state index is 5.27. The Morgan fingerprint density at radius 2 is 1.50 bits per heavy atom. The van der Waals surface area contributed by atoms with E-state index in [1.807, 2.05) is 0 Å². The first-order valence-electron chi connectivity index (χ1n) is 7.13. The minimum atomic E-state index is 0.565. The topological polar surface area (TPSA) is 56.3 Å². The maximum atomic E-state index is 5.27. The van der Waals surface area contributed by atoms with E-state index >= 15 is 0 Å². The fourth-order valence-electron chi connectivity index (χ4n) is 2.49. The van der Waals surface area contributed by atoms with Gasteiger partial charge < -0.3 is 14.8 Å². The summed E-state index contributed by atoms with van der Waals surface area (Å²) in [4.78, 5) is 8.24. The van der Waals surface area contributed by atoms with E-state index in [2.05, 4.69) is 43.0 Å². The predicted octanol–water partition coefficient (Wildman–Crippen LogP) is 2.51. The lowest BCUT2D eigenvalue weighted by molar-refractivity contribution is 0.273. The van der Waals surface area contributed by atoms with Crippen LogP contribution in [0, 0.1) is 17.8 Å². The Morgan fingerprint density at radius 1 is 1.00 bits per heavy atom. The number of rotatable bonds is 8. The zero-order valence-electron chi connectivity index (χ0n) is 13.4. The number of nitrogens with zero attached hydrogens (tertiary/aromatic N) is 2. The van der Waals surface area contributed by atoms with Crippen LogP contribution in [0.25, 0.3) is 0 Å². The molecule has 0 aliphatic heterocycles. The van der Waals surface area contributed by atoms with Gasteiger partial charge in [0, 0.05) is 6.54 Å². The second kappa shape index (κ2) is 8.04. The molecule has 0 bridgehead atoms. The van der Waals surface area contributed by atoms with Gasteiger partial charge in [-0.1, -0.05) is 27.7 Å². The Bertz CT molecular complexity index is 378. The largest absolute Gasteiger partial charge is 0.481 e. The lowest BCUT2D eigenvalue weighted by atomic mass is 9.85. The third kappa shape index (κ3) is 4.34. The molecule has 0 saturated heterocycles. The molecule has 0 aliphatic rings. The first-order valence-corrected chi connectivity index (χ1v) is 7.13. The summed E-state index contributed by atoms with van der Waals surface area (Å²) in [6.45, 7) is 10.6. The van der Waals surface area contributed by atoms with E-state index < -0.39 is 0 Å². The molecule has 1 aromatic heterocycles. The van der Waals surface area contributed by atoms with Gasteiger partial charge in [-0.25, -0.2) is 9.97 Å². The van der Waals surface area contributed by atoms with Crippen LogP contribution in [0.15, 0.2) is 6.33 Å². The van der Waals surface area contributed by atoms with Crippen LogP contribution in [0.1, 0.15) is 33.3 Å². The number of nitrogens with one attached hydrogen (secondary N) is 1. The molecule has 0 fully saturated rings. The molecule has 0 atom stereocenters. The minimum Gasteiger partial charge on any atom is -0.481 e. The van der Waals surface area contributed by atoms with E-state index in [0.29, 0.717) is 36.1 Å². The van der Waals surface area contributed by atoms with E-state index in [-0.39, 0.29) is 0 Å². The highest BCUT2D eigenvalue weighted by molar-refractivity contribution is 5.34. The lowest BCUT2D eigenvalue weighted by Gasteiger charge is -2.25. The maximum Gasteiger partial charge on any atom is 0.224 e. The Balaban J connectivity index is 2.70. The van der Waals surface area contributed by atoms with E-state index in [0.717, 1.165) is 12.1 Å². The van der Waals surface area contributed by atoms with Crippen LogP contribution >= 0.6 is 0 Å². The quantitative estimate of drug-likeness (QED) is 0.793. The van der Waals surface area contributed by atoms with Crippen molar-refractivity contribution >= 4 is 0 Å². The van der Waals surface area contributed by atoms with Crippen LogP contribution < -0.4 is 14.8 Å². The molecule has 20 heavy (non-hydrogen) atoms. The molecule has 5 nitrogen and oxygen atoms in total. The normalized spacial score (nSPS) is 11.4. The molecule has 1 rings (SSSR count). The number of aromatic nitrogens is 2. The molecular formula is C15H27N3O2. The number of hydrogen-bond acceptors (Lipinski definition) is 5. The molecule has 0 radical (unpaired) electrons. The van der Waals surface area contributed by atoms with E-state index in [9.17, 15) is 0 Å². The first-order chi connectivity index (χ1) is 9.51. The van der Waals surface area contributed by atoms with Crippen LogP contribution in [0.5, 0.6) is 11.8 Å². The van der Waals surface area contributed by atoms with Crippen molar-refractivity contribution in [3.05, 3.63) is 11.9 Å². The van der Waals surface area contributed by atoms with Crippen LogP contribution in [-0.2, 0) is 6.54 Å². The second-order valence-corrected chi connectivity index (χ2v) is 5.65. The summed E-state index contributed by atoms with van der Waals surface area (Å²) < 4.78 is 10.5. The molecule has 1 aromatic rings. The van der Waals surface area contributed by atoms with Crippen molar-refractivity contribution < 1.29 is 9.47 Å². The van der Waals surface area contributed by atoms with Gasteiger partial charge in [0.15, 0.2) is 0 Å². The average Bonchev–Trinajstić information content (AvgIpc) is 2.42. The summed E-state index contributed by atoms with van der Waals surface area (Å²) >= 11 is 0. The van der Waals surface area contributed by atoms with Crippen molar-refractivity contribution in [1.29, 1.82) is 0 Å². The molecule has 1 N–H and O–H groups in total. The van der Waals surface area contributed by atoms with E-state index in [1.165, 1.54) is 6.33 Å². The van der Waals surface area contributed by atoms with Gasteiger partial charge >= 0.3 is 0 Å². The van der Waals surface area contributed by atoms with Gasteiger partial charge in [0.05, 0.1) is 19.8 Å². The first kappa shape index (κ1) is 16.7. The van der Waals surface area contributed by atoms with Crippen LogP contribution in [0.2, 0.25) is 0 Å². The molecule has 0 unspecified atom stereocenters. The summed E-state index contributed by atoms with van der Waals surface area (Å²) in [7, 11) is 3.21. The summed E-state index contributed by atoms with van der Waals surface area (Å²) in [6, 6.07) is 0. The van der Waals surface area contributed by atoms with Crippen molar-refractivity contribution in [2.45, 2.75) is 34.2 Å². The summed E-state index contributed by atoms with van der Waals surface area (Å²) in [5, 5.41) is 3.47. The SMILES string of the molecule is COc1ncnc(OC)c1CNCC(C(C)C)C(C)C. The monoisotopic (exact) mass is 281 g/mol. The number of hydrogen-bond donors (Lipinski definition) is 1. The summed E-state index contributed by atoms with van der Waals surface area (Å²) in [5.74, 6) is 3.07. The Kier molecular flexibility index (Phi) is 6.71. The van der Waals surface area contributed by atoms with Gasteiger partial charge in [0.25, 0.3) is 0 Å². The van der Waals surface area contributed by atoms with Gasteiger partial charge in [-0.15, -0.1) is 0 Å². The van der Waals surface area contributed by atoms with Crippen molar-refractivity contribution in [1.82, 2.24) is 15.3 Å². The van der Waals surface area contributed by atoms with Gasteiger partial charge in [-0.3, -0.25) is 0 Å². The zero-order chi connectivity index (χ0) is 15.1. The van der Waals surface area contributed by atoms with Crippen LogP contribution in [-0.4, -0.2) is 30.7 Å². The Morgan fingerprint density at radius 3 is 1.90 bits per heavy atom. The highest BCUT2D eigenvalue weighted by Crippen LogP contribution is 2.24. The van der Waals surface area contributed by atoms with Gasteiger partial charge in [-0.05, 0) is 24.3 Å². The van der Waals surface area contributed by atoms with Gasteiger partial charge in [-0.2, -0.15) is 0 Å². The van der Waals surface area contributed by atoms with Crippen LogP contribution in [0.3, 0.4) is 0 Å². The molecule has 5 heteroatoms. The zero-order valence-corrected chi connectivity index (χ0v) is 13.4. The predicted molar refractivity (Wildman–Crippen MR) is 80.0 cm³/mol. The second-order valence-electron chi connectivity index (χ2n) is 5.65. The van der Waals surface area contributed by atoms with E-state index in [4.69, 9.17) is 9.47 Å². The smallest absolute Gasteiger partial charge is 0.224 e. The molecule has 0 aromatic carbocycles. The van der Waals surface area contributed by atoms with Crippen molar-refractivity contribution in [2.75, 3.05) is 20.8 Å². The number of methoxy groups -OCH3 is 2. The third-order valence-corrected chi connectivity index (χ3v) is 3.65. The molecule has 0 saturated carbocycles. The Labute approximate surface area is 122 Å². The third-order valence-electron chi connectivity index (χ3n) is 3.65. The molecule has 0 amide bonds. The minimum absolute atomic E-state index is 0.565. The summed E-state index contributed by atoms with van der Waals surface area (Å²) in [6.07, 6.45) is 1.45. The van der Waals surface area contributed by atoms with Gasteiger partial charge in [0.2, 0.25) is 11.8 Å². The highest BCUT2D eigenvalue weighted by atomic mass is 16.5. The average molecular weight is 281 g/mol. The van der Waals surface area contributed by atoms with Crippen molar-refractivity contribution in [2.24, 2.45) is 17.8 Å². The number of ether oxygens (including phenoxy) is 2. The fourth-order valence-corrected chi connectivity index (χ4v) is 2.49.